The Morgan fingerprint density at radius 2 is 2.18 bits per heavy atom. The minimum Gasteiger partial charge on any atom is -0.382 e. The number of anilines is 1. The van der Waals surface area contributed by atoms with Crippen LogP contribution in [0.2, 0.25) is 5.02 Å². The van der Waals surface area contributed by atoms with Gasteiger partial charge in [0.25, 0.3) is 5.91 Å². The molecule has 0 bridgehead atoms. The van der Waals surface area contributed by atoms with Crippen LogP contribution in [0.3, 0.4) is 0 Å². The molecule has 1 aromatic heterocycles. The molecular formula is C9H9ClF3N3O. The van der Waals surface area contributed by atoms with Crippen LogP contribution in [0.5, 0.6) is 0 Å². The van der Waals surface area contributed by atoms with Crippen LogP contribution in [-0.4, -0.2) is 23.6 Å². The maximum Gasteiger partial charge on any atom is 0.390 e. The van der Waals surface area contributed by atoms with Gasteiger partial charge in [0.15, 0.2) is 0 Å². The van der Waals surface area contributed by atoms with Gasteiger partial charge in [-0.15, -0.1) is 0 Å². The van der Waals surface area contributed by atoms with E-state index in [1.165, 1.54) is 6.07 Å². The molecule has 17 heavy (non-hydrogen) atoms. The first kappa shape index (κ1) is 13.6. The van der Waals surface area contributed by atoms with Gasteiger partial charge < -0.3 is 11.1 Å². The monoisotopic (exact) mass is 267 g/mol. The highest BCUT2D eigenvalue weighted by molar-refractivity contribution is 6.33. The van der Waals surface area contributed by atoms with E-state index in [1.807, 2.05) is 0 Å². The average Bonchev–Trinajstić information content (AvgIpc) is 2.20. The molecule has 0 saturated carbocycles. The zero-order valence-corrected chi connectivity index (χ0v) is 9.27. The Bertz CT molecular complexity index is 422. The second kappa shape index (κ2) is 5.22. The molecule has 1 aromatic rings. The number of amides is 1. The van der Waals surface area contributed by atoms with Gasteiger partial charge >= 0.3 is 6.18 Å². The van der Waals surface area contributed by atoms with Crippen LogP contribution >= 0.6 is 11.6 Å². The zero-order valence-electron chi connectivity index (χ0n) is 8.51. The Morgan fingerprint density at radius 3 is 2.71 bits per heavy atom. The lowest BCUT2D eigenvalue weighted by Gasteiger charge is -2.08. The minimum absolute atomic E-state index is 0.0542. The van der Waals surface area contributed by atoms with Crippen molar-refractivity contribution in [3.8, 4) is 0 Å². The van der Waals surface area contributed by atoms with E-state index in [0.717, 1.165) is 6.20 Å². The molecule has 0 saturated heterocycles. The van der Waals surface area contributed by atoms with Gasteiger partial charge in [-0.3, -0.25) is 4.79 Å². The first-order chi connectivity index (χ1) is 7.79. The van der Waals surface area contributed by atoms with Gasteiger partial charge in [0, 0.05) is 12.7 Å². The van der Waals surface area contributed by atoms with Crippen LogP contribution < -0.4 is 11.1 Å². The first-order valence-corrected chi connectivity index (χ1v) is 4.93. The number of pyridine rings is 1. The smallest absolute Gasteiger partial charge is 0.382 e. The molecular weight excluding hydrogens is 259 g/mol. The minimum atomic E-state index is -4.30. The zero-order chi connectivity index (χ0) is 13.1. The third kappa shape index (κ3) is 4.48. The van der Waals surface area contributed by atoms with Gasteiger partial charge in [0.05, 0.1) is 17.0 Å². The fraction of sp³-hybridized carbons (Fsp3) is 0.333. The number of hydrogen-bond donors (Lipinski definition) is 2. The molecule has 0 unspecified atom stereocenters. The molecule has 3 N–H and O–H groups in total. The summed E-state index contributed by atoms with van der Waals surface area (Å²) in [4.78, 5) is 15.0. The number of aromatic nitrogens is 1. The lowest BCUT2D eigenvalue weighted by molar-refractivity contribution is -0.132. The van der Waals surface area contributed by atoms with Crippen molar-refractivity contribution >= 4 is 23.3 Å². The van der Waals surface area contributed by atoms with Gasteiger partial charge in [-0.2, -0.15) is 13.2 Å². The van der Waals surface area contributed by atoms with Crippen LogP contribution in [0.15, 0.2) is 12.3 Å². The Kier molecular flexibility index (Phi) is 4.17. The van der Waals surface area contributed by atoms with Gasteiger partial charge in [-0.1, -0.05) is 11.6 Å². The van der Waals surface area contributed by atoms with Crippen molar-refractivity contribution in [2.75, 3.05) is 12.3 Å². The second-order valence-corrected chi connectivity index (χ2v) is 3.62. The largest absolute Gasteiger partial charge is 0.390 e. The predicted octanol–water partition coefficient (Wildman–Crippen LogP) is 2.00. The topological polar surface area (TPSA) is 68.0 Å². The molecule has 0 radical (unpaired) electrons. The maximum atomic E-state index is 11.8. The summed E-state index contributed by atoms with van der Waals surface area (Å²) < 4.78 is 35.5. The van der Waals surface area contributed by atoms with Crippen LogP contribution in [0, 0.1) is 0 Å². The van der Waals surface area contributed by atoms with E-state index in [9.17, 15) is 18.0 Å². The van der Waals surface area contributed by atoms with E-state index >= 15 is 0 Å². The highest BCUT2D eigenvalue weighted by Gasteiger charge is 2.26. The second-order valence-electron chi connectivity index (χ2n) is 3.21. The summed E-state index contributed by atoms with van der Waals surface area (Å²) in [7, 11) is 0. The normalized spacial score (nSPS) is 11.3. The fourth-order valence-electron chi connectivity index (χ4n) is 0.992. The SMILES string of the molecule is Nc1ncc(C(=O)NCCC(F)(F)F)cc1Cl. The number of carbonyl (C=O) groups is 1. The Balaban J connectivity index is 2.56. The molecule has 0 aliphatic carbocycles. The van der Waals surface area contributed by atoms with Crippen LogP contribution in [0.4, 0.5) is 19.0 Å². The summed E-state index contributed by atoms with van der Waals surface area (Å²) in [5.41, 5.74) is 5.38. The summed E-state index contributed by atoms with van der Waals surface area (Å²) in [5.74, 6) is -0.623. The summed E-state index contributed by atoms with van der Waals surface area (Å²) in [6, 6.07) is 1.24. The molecule has 0 aromatic carbocycles. The molecule has 8 heteroatoms. The number of rotatable bonds is 3. The number of alkyl halides is 3. The van der Waals surface area contributed by atoms with E-state index in [1.54, 1.807) is 0 Å². The molecule has 1 amide bonds. The predicted molar refractivity (Wildman–Crippen MR) is 56.7 cm³/mol. The Hall–Kier alpha value is -1.50. The van der Waals surface area contributed by atoms with Crippen molar-refractivity contribution in [2.24, 2.45) is 0 Å². The van der Waals surface area contributed by atoms with E-state index in [4.69, 9.17) is 17.3 Å². The molecule has 1 heterocycles. The van der Waals surface area contributed by atoms with Crippen LogP contribution in [0.1, 0.15) is 16.8 Å². The number of nitrogen functional groups attached to an aromatic ring is 1. The molecule has 0 aliphatic rings. The summed E-state index contributed by atoms with van der Waals surface area (Å²) in [5, 5.41) is 2.18. The number of hydrogen-bond acceptors (Lipinski definition) is 3. The van der Waals surface area contributed by atoms with Gasteiger partial charge in [0.2, 0.25) is 0 Å². The van der Waals surface area contributed by atoms with Crippen molar-refractivity contribution in [3.63, 3.8) is 0 Å². The first-order valence-electron chi connectivity index (χ1n) is 4.55. The molecule has 4 nitrogen and oxygen atoms in total. The lowest BCUT2D eigenvalue weighted by atomic mass is 10.2. The lowest BCUT2D eigenvalue weighted by Crippen LogP contribution is -2.28. The van der Waals surface area contributed by atoms with E-state index in [0.29, 0.717) is 0 Å². The van der Waals surface area contributed by atoms with E-state index in [-0.39, 0.29) is 16.4 Å². The Labute approximate surface area is 100.0 Å². The van der Waals surface area contributed by atoms with Crippen LogP contribution in [0.25, 0.3) is 0 Å². The van der Waals surface area contributed by atoms with Crippen LogP contribution in [-0.2, 0) is 0 Å². The highest BCUT2D eigenvalue weighted by Crippen LogP contribution is 2.19. The van der Waals surface area contributed by atoms with Crippen molar-refractivity contribution in [3.05, 3.63) is 22.8 Å². The number of carbonyl (C=O) groups excluding carboxylic acids is 1. The number of nitrogens with one attached hydrogen (secondary N) is 1. The molecule has 0 fully saturated rings. The number of nitrogens with zero attached hydrogens (tertiary/aromatic N) is 1. The fourth-order valence-corrected chi connectivity index (χ4v) is 1.16. The summed E-state index contributed by atoms with van der Waals surface area (Å²) in [6.45, 7) is -0.496. The third-order valence-electron chi connectivity index (χ3n) is 1.83. The quantitative estimate of drug-likeness (QED) is 0.880. The maximum absolute atomic E-state index is 11.8. The summed E-state index contributed by atoms with van der Waals surface area (Å²) in [6.07, 6.45) is -4.25. The number of halogens is 4. The molecule has 0 spiro atoms. The van der Waals surface area contributed by atoms with E-state index < -0.39 is 25.0 Å². The van der Waals surface area contributed by atoms with E-state index in [2.05, 4.69) is 10.3 Å². The summed E-state index contributed by atoms with van der Waals surface area (Å²) >= 11 is 5.62. The third-order valence-corrected chi connectivity index (χ3v) is 2.13. The van der Waals surface area contributed by atoms with Crippen molar-refractivity contribution < 1.29 is 18.0 Å². The number of nitrogens with two attached hydrogens (primary N) is 1. The molecule has 1 rings (SSSR count). The van der Waals surface area contributed by atoms with Gasteiger partial charge in [-0.25, -0.2) is 4.98 Å². The molecule has 0 aliphatic heterocycles. The molecule has 94 valence electrons. The van der Waals surface area contributed by atoms with Gasteiger partial charge in [-0.05, 0) is 6.07 Å². The Morgan fingerprint density at radius 1 is 1.53 bits per heavy atom. The highest BCUT2D eigenvalue weighted by atomic mass is 35.5. The van der Waals surface area contributed by atoms with Crippen molar-refractivity contribution in [2.45, 2.75) is 12.6 Å². The average molecular weight is 268 g/mol. The molecule has 0 atom stereocenters. The van der Waals surface area contributed by atoms with Crippen molar-refractivity contribution in [1.82, 2.24) is 10.3 Å². The van der Waals surface area contributed by atoms with Gasteiger partial charge in [0.1, 0.15) is 5.82 Å². The standard InChI is InChI=1S/C9H9ClF3N3O/c10-6-3-5(4-16-7(6)14)8(17)15-2-1-9(11,12)13/h3-4H,1-2H2,(H2,14,16)(H,15,17). The van der Waals surface area contributed by atoms with Crippen molar-refractivity contribution in [1.29, 1.82) is 0 Å².